The van der Waals surface area contributed by atoms with Gasteiger partial charge in [-0.05, 0) is 32.1 Å². The summed E-state index contributed by atoms with van der Waals surface area (Å²) in [4.78, 5) is 0. The Morgan fingerprint density at radius 1 is 0.386 bits per heavy atom. The van der Waals surface area contributed by atoms with Crippen LogP contribution >= 0.6 is 0 Å². The van der Waals surface area contributed by atoms with Gasteiger partial charge in [-0.2, -0.15) is 0 Å². The van der Waals surface area contributed by atoms with E-state index in [4.69, 9.17) is 0 Å². The lowest BCUT2D eigenvalue weighted by molar-refractivity contribution is -0.704. The Kier molecular flexibility index (Phi) is 31.5. The van der Waals surface area contributed by atoms with Crippen LogP contribution in [0.15, 0.2) is 12.4 Å². The van der Waals surface area contributed by atoms with Crippen molar-refractivity contribution >= 4 is 0 Å². The summed E-state index contributed by atoms with van der Waals surface area (Å²) >= 11 is 0. The van der Waals surface area contributed by atoms with Crippen molar-refractivity contribution in [2.45, 2.75) is 252 Å². The van der Waals surface area contributed by atoms with E-state index in [1.807, 2.05) is 0 Å². The van der Waals surface area contributed by atoms with Gasteiger partial charge in [0.2, 0.25) is 0 Å². The van der Waals surface area contributed by atoms with E-state index in [1.165, 1.54) is 231 Å². The van der Waals surface area contributed by atoms with Crippen molar-refractivity contribution in [3.05, 3.63) is 18.2 Å². The van der Waals surface area contributed by atoms with Gasteiger partial charge in [0.1, 0.15) is 12.4 Å². The van der Waals surface area contributed by atoms with Crippen LogP contribution < -0.4 is 4.57 Å². The number of aryl methyl sites for hydroxylation is 2. The molecule has 1 aromatic rings. The Bertz CT molecular complexity index is 677. The topological polar surface area (TPSA) is 8.81 Å². The monoisotopic (exact) mass is 616 g/mol. The number of imidazole rings is 1. The number of unbranched alkanes of at least 4 members (excludes halogenated alkanes) is 30. The molecule has 0 atom stereocenters. The van der Waals surface area contributed by atoms with E-state index in [2.05, 4.69) is 42.3 Å². The lowest BCUT2D eigenvalue weighted by Crippen LogP contribution is -2.37. The van der Waals surface area contributed by atoms with E-state index in [0.29, 0.717) is 0 Å². The number of hydrogen-bond acceptors (Lipinski definition) is 0. The second-order valence-corrected chi connectivity index (χ2v) is 14.5. The molecular formula is C42H83N2+. The lowest BCUT2D eigenvalue weighted by Gasteiger charge is -2.07. The van der Waals surface area contributed by atoms with Crippen molar-refractivity contribution < 1.29 is 4.57 Å². The van der Waals surface area contributed by atoms with Crippen LogP contribution in [0, 0.1) is 0 Å². The molecule has 0 bridgehead atoms. The van der Waals surface area contributed by atoms with E-state index >= 15 is 0 Å². The number of rotatable bonds is 36. The average Bonchev–Trinajstić information content (AvgIpc) is 3.42. The summed E-state index contributed by atoms with van der Waals surface area (Å²) in [6.07, 6.45) is 53.4. The zero-order valence-corrected chi connectivity index (χ0v) is 31.0. The normalized spacial score (nSPS) is 11.6. The molecule has 44 heavy (non-hydrogen) atoms. The van der Waals surface area contributed by atoms with Crippen molar-refractivity contribution in [2.24, 2.45) is 0 Å². The lowest BCUT2D eigenvalue weighted by atomic mass is 10.0. The van der Waals surface area contributed by atoms with E-state index in [0.717, 1.165) is 0 Å². The highest BCUT2D eigenvalue weighted by molar-refractivity contribution is 4.84. The van der Waals surface area contributed by atoms with Gasteiger partial charge in [0.25, 0.3) is 5.82 Å². The summed E-state index contributed by atoms with van der Waals surface area (Å²) in [6, 6.07) is 0. The summed E-state index contributed by atoms with van der Waals surface area (Å²) < 4.78 is 5.26. The van der Waals surface area contributed by atoms with Crippen LogP contribution in [-0.2, 0) is 19.5 Å². The van der Waals surface area contributed by atoms with Gasteiger partial charge >= 0.3 is 0 Å². The first-order chi connectivity index (χ1) is 21.8. The van der Waals surface area contributed by atoms with Gasteiger partial charge < -0.3 is 0 Å². The van der Waals surface area contributed by atoms with Gasteiger partial charge in [-0.3, -0.25) is 0 Å². The molecule has 0 radical (unpaired) electrons. The Balaban J connectivity index is 2.18. The quantitative estimate of drug-likeness (QED) is 0.0524. The maximum atomic E-state index is 2.63. The Morgan fingerprint density at radius 3 is 1.09 bits per heavy atom. The van der Waals surface area contributed by atoms with Gasteiger partial charge in [-0.15, -0.1) is 0 Å². The largest absolute Gasteiger partial charge is 0.256 e. The minimum atomic E-state index is 1.23. The van der Waals surface area contributed by atoms with Crippen LogP contribution in [0.2, 0.25) is 0 Å². The molecule has 260 valence electrons. The zero-order chi connectivity index (χ0) is 31.6. The van der Waals surface area contributed by atoms with E-state index in [9.17, 15) is 0 Å². The second kappa shape index (κ2) is 33.6. The molecule has 0 aliphatic heterocycles. The fraction of sp³-hybridized carbons (Fsp3) is 0.929. The number of hydrogen-bond donors (Lipinski definition) is 0. The third kappa shape index (κ3) is 25.4. The molecule has 1 aromatic heterocycles. The van der Waals surface area contributed by atoms with E-state index in [-0.39, 0.29) is 0 Å². The van der Waals surface area contributed by atoms with Crippen molar-refractivity contribution in [3.63, 3.8) is 0 Å². The molecule has 0 saturated heterocycles. The molecule has 2 heteroatoms. The molecule has 0 N–H and O–H groups in total. The van der Waals surface area contributed by atoms with Crippen LogP contribution in [0.5, 0.6) is 0 Å². The number of nitrogens with zero attached hydrogens (tertiary/aromatic N) is 2. The van der Waals surface area contributed by atoms with Crippen molar-refractivity contribution in [1.82, 2.24) is 4.57 Å². The maximum absolute atomic E-state index is 2.63. The molecule has 0 fully saturated rings. The van der Waals surface area contributed by atoms with Gasteiger partial charge in [0.15, 0.2) is 0 Å². The summed E-state index contributed by atoms with van der Waals surface area (Å²) in [7, 11) is 0. The van der Waals surface area contributed by atoms with Gasteiger partial charge in [0.05, 0.1) is 13.1 Å². The third-order valence-electron chi connectivity index (χ3n) is 10.1. The first kappa shape index (κ1) is 41.2. The predicted molar refractivity (Wildman–Crippen MR) is 198 cm³/mol. The minimum absolute atomic E-state index is 1.23. The first-order valence-electron chi connectivity index (χ1n) is 20.9. The SMILES string of the molecule is CCCCCCCCCCCCCCCCCCC[n+]1ccn(CCCCCCCC)c1CCCCCCCCCCCC. The zero-order valence-electron chi connectivity index (χ0n) is 31.0. The summed E-state index contributed by atoms with van der Waals surface area (Å²) in [5.41, 5.74) is 0. The standard InChI is InChI=1S/C42H83N2/c1-4-7-10-13-16-18-20-21-22-23-24-25-26-28-30-33-36-39-44-41-40-43(38-35-32-15-12-9-6-3)42(44)37-34-31-29-27-19-17-14-11-8-5-2/h40-41H,4-39H2,1-3H3/q+1. The molecule has 0 aliphatic rings. The maximum Gasteiger partial charge on any atom is 0.256 e. The van der Waals surface area contributed by atoms with Crippen LogP contribution in [0.25, 0.3) is 0 Å². The van der Waals surface area contributed by atoms with Crippen LogP contribution in [0.1, 0.15) is 238 Å². The molecule has 2 nitrogen and oxygen atoms in total. The molecular weight excluding hydrogens is 532 g/mol. The molecule has 0 saturated carbocycles. The molecule has 0 aromatic carbocycles. The highest BCUT2D eigenvalue weighted by atomic mass is 15.1. The third-order valence-corrected chi connectivity index (χ3v) is 10.1. The van der Waals surface area contributed by atoms with E-state index in [1.54, 1.807) is 5.82 Å². The second-order valence-electron chi connectivity index (χ2n) is 14.5. The van der Waals surface area contributed by atoms with Crippen molar-refractivity contribution in [1.29, 1.82) is 0 Å². The van der Waals surface area contributed by atoms with Crippen LogP contribution in [0.3, 0.4) is 0 Å². The molecule has 1 heterocycles. The summed E-state index contributed by atoms with van der Waals surface area (Å²) in [5, 5.41) is 0. The predicted octanol–water partition coefficient (Wildman–Crippen LogP) is 14.3. The summed E-state index contributed by atoms with van der Waals surface area (Å²) in [6.45, 7) is 9.40. The van der Waals surface area contributed by atoms with Crippen molar-refractivity contribution in [3.8, 4) is 0 Å². The molecule has 0 unspecified atom stereocenters. The van der Waals surface area contributed by atoms with Gasteiger partial charge in [-0.1, -0.05) is 201 Å². The van der Waals surface area contributed by atoms with E-state index < -0.39 is 0 Å². The van der Waals surface area contributed by atoms with Crippen LogP contribution in [-0.4, -0.2) is 4.57 Å². The first-order valence-corrected chi connectivity index (χ1v) is 20.9. The molecule has 0 spiro atoms. The Hall–Kier alpha value is -0.790. The fourth-order valence-electron chi connectivity index (χ4n) is 7.03. The molecule has 0 amide bonds. The smallest absolute Gasteiger partial charge is 0.234 e. The van der Waals surface area contributed by atoms with Gasteiger partial charge in [0, 0.05) is 6.42 Å². The average molecular weight is 616 g/mol. The summed E-state index contributed by atoms with van der Waals surface area (Å²) in [5.74, 6) is 1.62. The number of aromatic nitrogens is 2. The van der Waals surface area contributed by atoms with Crippen LogP contribution in [0.4, 0.5) is 0 Å². The Morgan fingerprint density at radius 2 is 0.705 bits per heavy atom. The Labute approximate surface area is 279 Å². The molecule has 0 aliphatic carbocycles. The van der Waals surface area contributed by atoms with Gasteiger partial charge in [-0.25, -0.2) is 9.13 Å². The fourth-order valence-corrected chi connectivity index (χ4v) is 7.03. The highest BCUT2D eigenvalue weighted by Crippen LogP contribution is 2.16. The molecule has 1 rings (SSSR count). The highest BCUT2D eigenvalue weighted by Gasteiger charge is 2.16. The van der Waals surface area contributed by atoms with Crippen molar-refractivity contribution in [2.75, 3.05) is 0 Å². The minimum Gasteiger partial charge on any atom is -0.234 e.